The minimum absolute atomic E-state index is 1.17. The average Bonchev–Trinajstić information content (AvgIpc) is 3.49. The standard InChI is InChI=1S/C33H24N2/c1-23-11-16-28(17-12-23)35-30-10-6-5-9-29(30)32-31(35)20-15-26-21-22-34(33(26)32)27-18-13-25(14-19-27)24-7-3-2-4-8-24/h2-22H,1H3. The van der Waals surface area contributed by atoms with Crippen LogP contribution in [0.15, 0.2) is 128 Å². The fraction of sp³-hybridized carbons (Fsp3) is 0.0303. The fourth-order valence-corrected chi connectivity index (χ4v) is 5.31. The molecular weight excluding hydrogens is 424 g/mol. The van der Waals surface area contributed by atoms with Crippen LogP contribution in [-0.2, 0) is 0 Å². The van der Waals surface area contributed by atoms with Gasteiger partial charge >= 0.3 is 0 Å². The average molecular weight is 449 g/mol. The Hall–Kier alpha value is -4.56. The molecule has 0 aliphatic heterocycles. The van der Waals surface area contributed by atoms with Crippen molar-refractivity contribution in [3.63, 3.8) is 0 Å². The normalized spacial score (nSPS) is 11.6. The molecule has 166 valence electrons. The van der Waals surface area contributed by atoms with Crippen LogP contribution in [-0.4, -0.2) is 9.13 Å². The highest BCUT2D eigenvalue weighted by molar-refractivity contribution is 6.20. The molecule has 35 heavy (non-hydrogen) atoms. The lowest BCUT2D eigenvalue weighted by molar-refractivity contribution is 1.13. The van der Waals surface area contributed by atoms with Crippen molar-refractivity contribution in [1.29, 1.82) is 0 Å². The Morgan fingerprint density at radius 1 is 0.514 bits per heavy atom. The van der Waals surface area contributed by atoms with E-state index in [1.807, 2.05) is 0 Å². The Labute approximate surface area is 204 Å². The Kier molecular flexibility index (Phi) is 4.40. The molecule has 0 saturated carbocycles. The van der Waals surface area contributed by atoms with Crippen molar-refractivity contribution in [2.75, 3.05) is 0 Å². The van der Waals surface area contributed by atoms with Crippen LogP contribution in [0.3, 0.4) is 0 Å². The van der Waals surface area contributed by atoms with Crippen LogP contribution in [0.25, 0.3) is 55.2 Å². The van der Waals surface area contributed by atoms with Crippen molar-refractivity contribution in [3.05, 3.63) is 133 Å². The lowest BCUT2D eigenvalue weighted by Gasteiger charge is -2.10. The first kappa shape index (κ1) is 19.9. The topological polar surface area (TPSA) is 9.86 Å². The summed E-state index contributed by atoms with van der Waals surface area (Å²) in [6.45, 7) is 2.13. The molecule has 0 amide bonds. The molecule has 2 heteroatoms. The number of para-hydroxylation sites is 1. The van der Waals surface area contributed by atoms with Gasteiger partial charge in [0.15, 0.2) is 0 Å². The van der Waals surface area contributed by atoms with E-state index in [-0.39, 0.29) is 0 Å². The van der Waals surface area contributed by atoms with E-state index in [0.717, 1.165) is 0 Å². The number of aryl methyl sites for hydroxylation is 1. The maximum Gasteiger partial charge on any atom is 0.0628 e. The van der Waals surface area contributed by atoms with Crippen molar-refractivity contribution in [2.24, 2.45) is 0 Å². The molecule has 0 N–H and O–H groups in total. The third kappa shape index (κ3) is 3.11. The van der Waals surface area contributed by atoms with E-state index in [4.69, 9.17) is 0 Å². The van der Waals surface area contributed by atoms with Crippen LogP contribution in [0.2, 0.25) is 0 Å². The minimum atomic E-state index is 1.17. The van der Waals surface area contributed by atoms with Gasteiger partial charge in [-0.25, -0.2) is 0 Å². The van der Waals surface area contributed by atoms with Crippen LogP contribution in [0.5, 0.6) is 0 Å². The van der Waals surface area contributed by atoms with Crippen LogP contribution >= 0.6 is 0 Å². The number of rotatable bonds is 3. The van der Waals surface area contributed by atoms with Gasteiger partial charge in [0.1, 0.15) is 0 Å². The first-order valence-electron chi connectivity index (χ1n) is 12.0. The molecule has 0 aliphatic rings. The van der Waals surface area contributed by atoms with E-state index in [1.54, 1.807) is 0 Å². The van der Waals surface area contributed by atoms with Crippen molar-refractivity contribution >= 4 is 32.7 Å². The summed E-state index contributed by atoms with van der Waals surface area (Å²) < 4.78 is 4.72. The summed E-state index contributed by atoms with van der Waals surface area (Å²) in [7, 11) is 0. The van der Waals surface area contributed by atoms with E-state index in [9.17, 15) is 0 Å². The van der Waals surface area contributed by atoms with Gasteiger partial charge in [0.05, 0.1) is 16.6 Å². The second kappa shape index (κ2) is 7.75. The van der Waals surface area contributed by atoms with Gasteiger partial charge in [-0.3, -0.25) is 0 Å². The van der Waals surface area contributed by atoms with Gasteiger partial charge in [0.2, 0.25) is 0 Å². The summed E-state index contributed by atoms with van der Waals surface area (Å²) in [5, 5.41) is 3.81. The second-order valence-corrected chi connectivity index (χ2v) is 9.18. The van der Waals surface area contributed by atoms with E-state index in [2.05, 4.69) is 144 Å². The summed E-state index contributed by atoms with van der Waals surface area (Å²) in [6.07, 6.45) is 2.19. The lowest BCUT2D eigenvalue weighted by atomic mass is 10.1. The Morgan fingerprint density at radius 3 is 2.00 bits per heavy atom. The summed E-state index contributed by atoms with van der Waals surface area (Å²) in [5.74, 6) is 0. The molecule has 0 aliphatic carbocycles. The summed E-state index contributed by atoms with van der Waals surface area (Å²) >= 11 is 0. The molecule has 0 fully saturated rings. The van der Waals surface area contributed by atoms with Crippen molar-refractivity contribution < 1.29 is 0 Å². The zero-order valence-electron chi connectivity index (χ0n) is 19.5. The predicted octanol–water partition coefficient (Wildman–Crippen LogP) is 8.70. The van der Waals surface area contributed by atoms with Crippen molar-refractivity contribution in [3.8, 4) is 22.5 Å². The maximum atomic E-state index is 2.39. The van der Waals surface area contributed by atoms with Gasteiger partial charge in [0.25, 0.3) is 0 Å². The highest BCUT2D eigenvalue weighted by atomic mass is 15.0. The number of benzene rings is 5. The smallest absolute Gasteiger partial charge is 0.0628 e. The Morgan fingerprint density at radius 2 is 1.20 bits per heavy atom. The van der Waals surface area contributed by atoms with Crippen LogP contribution in [0, 0.1) is 6.92 Å². The summed E-state index contributed by atoms with van der Waals surface area (Å²) in [6, 6.07) is 43.7. The molecule has 0 spiro atoms. The van der Waals surface area contributed by atoms with Crippen LogP contribution in [0.4, 0.5) is 0 Å². The lowest BCUT2D eigenvalue weighted by Crippen LogP contribution is -1.94. The number of aromatic nitrogens is 2. The molecule has 5 aromatic carbocycles. The van der Waals surface area contributed by atoms with E-state index < -0.39 is 0 Å². The molecule has 2 nitrogen and oxygen atoms in total. The molecule has 2 heterocycles. The van der Waals surface area contributed by atoms with Gasteiger partial charge < -0.3 is 9.13 Å². The number of fused-ring (bicyclic) bond motifs is 5. The van der Waals surface area contributed by atoms with E-state index in [0.29, 0.717) is 0 Å². The molecule has 0 radical (unpaired) electrons. The first-order valence-corrected chi connectivity index (χ1v) is 12.0. The molecule has 7 rings (SSSR count). The minimum Gasteiger partial charge on any atom is -0.316 e. The van der Waals surface area contributed by atoms with Crippen LogP contribution in [0.1, 0.15) is 5.56 Å². The van der Waals surface area contributed by atoms with Gasteiger partial charge in [0, 0.05) is 33.7 Å². The summed E-state index contributed by atoms with van der Waals surface area (Å²) in [5.41, 5.74) is 9.79. The largest absolute Gasteiger partial charge is 0.316 e. The maximum absolute atomic E-state index is 2.39. The highest BCUT2D eigenvalue weighted by Crippen LogP contribution is 2.38. The molecule has 0 atom stereocenters. The number of nitrogens with zero attached hydrogens (tertiary/aromatic N) is 2. The van der Waals surface area contributed by atoms with Gasteiger partial charge in [-0.2, -0.15) is 0 Å². The molecular formula is C33H24N2. The quantitative estimate of drug-likeness (QED) is 0.256. The number of hydrogen-bond acceptors (Lipinski definition) is 0. The molecule has 2 aromatic heterocycles. The predicted molar refractivity (Wildman–Crippen MR) is 148 cm³/mol. The van der Waals surface area contributed by atoms with Gasteiger partial charge in [-0.1, -0.05) is 84.4 Å². The van der Waals surface area contributed by atoms with Gasteiger partial charge in [-0.15, -0.1) is 0 Å². The third-order valence-electron chi connectivity index (χ3n) is 7.03. The van der Waals surface area contributed by atoms with Crippen LogP contribution < -0.4 is 0 Å². The fourth-order valence-electron chi connectivity index (χ4n) is 5.31. The Balaban J connectivity index is 1.49. The summed E-state index contributed by atoms with van der Waals surface area (Å²) in [4.78, 5) is 0. The number of hydrogen-bond donors (Lipinski definition) is 0. The molecule has 0 unspecified atom stereocenters. The molecule has 7 aromatic rings. The Bertz CT molecular complexity index is 1820. The van der Waals surface area contributed by atoms with E-state index >= 15 is 0 Å². The SMILES string of the molecule is Cc1ccc(-n2c3ccccc3c3c4c(ccc32)ccn4-c2ccc(-c3ccccc3)cc2)cc1. The van der Waals surface area contributed by atoms with Crippen molar-refractivity contribution in [2.45, 2.75) is 6.92 Å². The zero-order chi connectivity index (χ0) is 23.4. The third-order valence-corrected chi connectivity index (χ3v) is 7.03. The van der Waals surface area contributed by atoms with Gasteiger partial charge in [-0.05, 0) is 60.5 Å². The monoisotopic (exact) mass is 448 g/mol. The first-order chi connectivity index (χ1) is 17.3. The molecule has 0 bridgehead atoms. The zero-order valence-corrected chi connectivity index (χ0v) is 19.5. The van der Waals surface area contributed by atoms with Crippen molar-refractivity contribution in [1.82, 2.24) is 9.13 Å². The second-order valence-electron chi connectivity index (χ2n) is 9.18. The highest BCUT2D eigenvalue weighted by Gasteiger charge is 2.17. The van der Waals surface area contributed by atoms with E-state index in [1.165, 1.54) is 60.8 Å². The molecule has 0 saturated heterocycles.